The number of methoxy groups -OCH3 is 1. The number of unbranched alkanes of at least 4 members (excludes halogenated alkanes) is 4. The van der Waals surface area contributed by atoms with E-state index in [1.165, 1.54) is 30.6 Å². The summed E-state index contributed by atoms with van der Waals surface area (Å²) in [6.07, 6.45) is 9.18. The number of hydrogen-bond donors (Lipinski definition) is 1. The molecule has 1 aromatic rings. The summed E-state index contributed by atoms with van der Waals surface area (Å²) in [5, 5.41) is 9.40. The summed E-state index contributed by atoms with van der Waals surface area (Å²) in [6.45, 7) is 5.99. The minimum Gasteiger partial charge on any atom is -0.493 e. The maximum atomic E-state index is 12.8. The first-order valence-electron chi connectivity index (χ1n) is 11.2. The molecule has 0 unspecified atom stereocenters. The van der Waals surface area contributed by atoms with Crippen molar-refractivity contribution in [2.45, 2.75) is 77.9 Å². The number of carbonyl (C=O) groups is 2. The molecule has 0 aromatic heterocycles. The zero-order chi connectivity index (χ0) is 23.7. The third-order valence-electron chi connectivity index (χ3n) is 5.33. The average molecular weight is 480 g/mol. The molecule has 0 aliphatic carbocycles. The number of nitrogens with zero attached hydrogens (tertiary/aromatic N) is 1. The second kappa shape index (κ2) is 12.8. The Balaban J connectivity index is 2.09. The van der Waals surface area contributed by atoms with Gasteiger partial charge in [-0.3, -0.25) is 9.69 Å². The zero-order valence-corrected chi connectivity index (χ0v) is 20.9. The number of aliphatic carboxylic acids is 1. The fourth-order valence-corrected chi connectivity index (χ4v) is 4.91. The van der Waals surface area contributed by atoms with Gasteiger partial charge in [0.2, 0.25) is 0 Å². The third kappa shape index (κ3) is 6.97. The van der Waals surface area contributed by atoms with Gasteiger partial charge in [-0.05, 0) is 50.0 Å². The van der Waals surface area contributed by atoms with Gasteiger partial charge in [-0.2, -0.15) is 0 Å². The van der Waals surface area contributed by atoms with Crippen molar-refractivity contribution in [3.05, 3.63) is 28.7 Å². The number of benzene rings is 1. The molecule has 0 spiro atoms. The summed E-state index contributed by atoms with van der Waals surface area (Å²) in [5.74, 6) is -0.197. The van der Waals surface area contributed by atoms with Gasteiger partial charge in [-0.25, -0.2) is 4.79 Å². The predicted octanol–water partition coefficient (Wildman–Crippen LogP) is 5.89. The Labute approximate surface area is 200 Å². The number of hydrogen-bond acceptors (Lipinski definition) is 6. The van der Waals surface area contributed by atoms with Crippen molar-refractivity contribution < 1.29 is 24.2 Å². The standard InChI is InChI=1S/C24H33NO5S2/c1-5-7-8-9-10-11-16(3)30-19-13-12-17(14-20(19)29-4)15-21-22(26)25(24(31)32-21)18(6-2)23(27)28/h12-16,18H,5-11H2,1-4H3,(H,27,28)/b21-15+/t16-,18-/m1/s1. The lowest BCUT2D eigenvalue weighted by Crippen LogP contribution is -2.43. The first kappa shape index (κ1) is 26.2. The second-order valence-electron chi connectivity index (χ2n) is 7.86. The molecule has 2 atom stereocenters. The van der Waals surface area contributed by atoms with Crippen molar-refractivity contribution in [1.29, 1.82) is 0 Å². The largest absolute Gasteiger partial charge is 0.493 e. The van der Waals surface area contributed by atoms with Crippen LogP contribution in [0.5, 0.6) is 11.5 Å². The maximum absolute atomic E-state index is 12.8. The number of thiocarbonyl (C=S) groups is 1. The minimum absolute atomic E-state index is 0.0784. The molecular weight excluding hydrogens is 446 g/mol. The summed E-state index contributed by atoms with van der Waals surface area (Å²) in [7, 11) is 1.58. The molecule has 1 heterocycles. The topological polar surface area (TPSA) is 76.1 Å². The predicted molar refractivity (Wildman–Crippen MR) is 133 cm³/mol. The van der Waals surface area contributed by atoms with E-state index in [0.717, 1.165) is 30.2 Å². The molecule has 0 bridgehead atoms. The number of thioether (sulfide) groups is 1. The van der Waals surface area contributed by atoms with Gasteiger partial charge in [0.1, 0.15) is 10.4 Å². The van der Waals surface area contributed by atoms with Crippen LogP contribution in [-0.2, 0) is 9.59 Å². The molecule has 1 N–H and O–H groups in total. The van der Waals surface area contributed by atoms with Crippen LogP contribution >= 0.6 is 24.0 Å². The van der Waals surface area contributed by atoms with Crippen molar-refractivity contribution in [2.24, 2.45) is 0 Å². The highest BCUT2D eigenvalue weighted by atomic mass is 32.2. The van der Waals surface area contributed by atoms with E-state index < -0.39 is 12.0 Å². The summed E-state index contributed by atoms with van der Waals surface area (Å²) >= 11 is 6.38. The van der Waals surface area contributed by atoms with Crippen LogP contribution in [0.3, 0.4) is 0 Å². The second-order valence-corrected chi connectivity index (χ2v) is 9.53. The number of rotatable bonds is 13. The van der Waals surface area contributed by atoms with E-state index in [1.54, 1.807) is 20.1 Å². The van der Waals surface area contributed by atoms with Crippen molar-refractivity contribution >= 4 is 46.3 Å². The third-order valence-corrected chi connectivity index (χ3v) is 6.67. The first-order chi connectivity index (χ1) is 15.3. The summed E-state index contributed by atoms with van der Waals surface area (Å²) in [4.78, 5) is 25.9. The maximum Gasteiger partial charge on any atom is 0.326 e. The first-order valence-corrected chi connectivity index (χ1v) is 12.4. The molecule has 0 saturated carbocycles. The number of carboxylic acid groups (broad SMARTS) is 1. The highest BCUT2D eigenvalue weighted by molar-refractivity contribution is 8.26. The molecule has 0 radical (unpaired) electrons. The molecule has 6 nitrogen and oxygen atoms in total. The number of amides is 1. The Morgan fingerprint density at radius 1 is 1.22 bits per heavy atom. The molecular formula is C24H33NO5S2. The molecule has 1 fully saturated rings. The van der Waals surface area contributed by atoms with E-state index >= 15 is 0 Å². The van der Waals surface area contributed by atoms with Crippen molar-refractivity contribution in [3.63, 3.8) is 0 Å². The van der Waals surface area contributed by atoms with Crippen molar-refractivity contribution in [2.75, 3.05) is 7.11 Å². The Morgan fingerprint density at radius 3 is 2.56 bits per heavy atom. The lowest BCUT2D eigenvalue weighted by Gasteiger charge is -2.21. The van der Waals surface area contributed by atoms with Crippen LogP contribution in [0, 0.1) is 0 Å². The van der Waals surface area contributed by atoms with E-state index in [0.29, 0.717) is 16.4 Å². The molecule has 1 saturated heterocycles. The summed E-state index contributed by atoms with van der Waals surface area (Å²) < 4.78 is 11.8. The van der Waals surface area contributed by atoms with Gasteiger partial charge in [-0.15, -0.1) is 0 Å². The molecule has 176 valence electrons. The molecule has 2 rings (SSSR count). The van der Waals surface area contributed by atoms with E-state index in [2.05, 4.69) is 13.8 Å². The Kier molecular flexibility index (Phi) is 10.5. The van der Waals surface area contributed by atoms with Crippen LogP contribution in [0.25, 0.3) is 6.08 Å². The van der Waals surface area contributed by atoms with Crippen molar-refractivity contribution in [3.8, 4) is 11.5 Å². The Hall–Kier alpha value is -2.06. The quantitative estimate of drug-likeness (QED) is 0.215. The summed E-state index contributed by atoms with van der Waals surface area (Å²) in [6, 6.07) is 4.55. The fourth-order valence-electron chi connectivity index (χ4n) is 3.55. The van der Waals surface area contributed by atoms with Gasteiger partial charge >= 0.3 is 5.97 Å². The molecule has 8 heteroatoms. The smallest absolute Gasteiger partial charge is 0.326 e. The van der Waals surface area contributed by atoms with Gasteiger partial charge < -0.3 is 14.6 Å². The van der Waals surface area contributed by atoms with Crippen molar-refractivity contribution in [1.82, 2.24) is 4.90 Å². The van der Waals surface area contributed by atoms with Crippen LogP contribution in [-0.4, -0.2) is 45.5 Å². The van der Waals surface area contributed by atoms with Gasteiger partial charge in [-0.1, -0.05) is 69.6 Å². The van der Waals surface area contributed by atoms with Gasteiger partial charge in [0, 0.05) is 0 Å². The van der Waals surface area contributed by atoms with Crippen LogP contribution < -0.4 is 9.47 Å². The normalized spacial score (nSPS) is 17.0. The summed E-state index contributed by atoms with van der Waals surface area (Å²) in [5.41, 5.74) is 0.755. The molecule has 1 amide bonds. The fraction of sp³-hybridized carbons (Fsp3) is 0.542. The SMILES string of the molecule is CCCCCCC[C@@H](C)Oc1ccc(/C=C2/SC(=S)N([C@H](CC)C(=O)O)C2=O)cc1OC. The number of carbonyl (C=O) groups excluding carboxylic acids is 1. The van der Waals surface area contributed by atoms with Crippen LogP contribution in [0.1, 0.15) is 71.3 Å². The van der Waals surface area contributed by atoms with E-state index in [-0.39, 0.29) is 22.8 Å². The molecule has 1 aliphatic rings. The van der Waals surface area contributed by atoms with E-state index in [1.807, 2.05) is 18.2 Å². The van der Waals surface area contributed by atoms with Gasteiger partial charge in [0.05, 0.1) is 18.1 Å². The minimum atomic E-state index is -1.06. The average Bonchev–Trinajstić information content (AvgIpc) is 3.02. The number of ether oxygens (including phenoxy) is 2. The van der Waals surface area contributed by atoms with E-state index in [9.17, 15) is 14.7 Å². The Morgan fingerprint density at radius 2 is 1.94 bits per heavy atom. The van der Waals surface area contributed by atoms with E-state index in [4.69, 9.17) is 21.7 Å². The highest BCUT2D eigenvalue weighted by Gasteiger charge is 2.39. The lowest BCUT2D eigenvalue weighted by atomic mass is 10.1. The van der Waals surface area contributed by atoms with Crippen LogP contribution in [0.15, 0.2) is 23.1 Å². The highest BCUT2D eigenvalue weighted by Crippen LogP contribution is 2.36. The lowest BCUT2D eigenvalue weighted by molar-refractivity contribution is -0.145. The molecule has 1 aliphatic heterocycles. The number of carboxylic acids is 1. The van der Waals surface area contributed by atoms with Crippen LogP contribution in [0.4, 0.5) is 0 Å². The Bertz CT molecular complexity index is 855. The molecule has 32 heavy (non-hydrogen) atoms. The van der Waals surface area contributed by atoms with Gasteiger partial charge in [0.25, 0.3) is 5.91 Å². The van der Waals surface area contributed by atoms with Crippen LogP contribution in [0.2, 0.25) is 0 Å². The monoisotopic (exact) mass is 479 g/mol. The zero-order valence-electron chi connectivity index (χ0n) is 19.3. The van der Waals surface area contributed by atoms with Gasteiger partial charge in [0.15, 0.2) is 11.5 Å². The molecule has 1 aromatic carbocycles.